The molecule has 0 bridgehead atoms. The molecule has 8 heteroatoms. The zero-order chi connectivity index (χ0) is 16.9. The second-order valence-electron chi connectivity index (χ2n) is 4.95. The van der Waals surface area contributed by atoms with Crippen molar-refractivity contribution >= 4 is 29.8 Å². The Balaban J connectivity index is 1.80. The molecule has 24 heavy (non-hydrogen) atoms. The van der Waals surface area contributed by atoms with Crippen LogP contribution >= 0.6 is 23.6 Å². The van der Waals surface area contributed by atoms with Crippen LogP contribution in [0.5, 0.6) is 5.75 Å². The number of nitrogens with one attached hydrogen (secondary N) is 2. The minimum absolute atomic E-state index is 0.443. The zero-order valence-corrected chi connectivity index (χ0v) is 14.9. The highest BCUT2D eigenvalue weighted by molar-refractivity contribution is 7.71. The van der Waals surface area contributed by atoms with Crippen LogP contribution in [0.15, 0.2) is 41.5 Å². The van der Waals surface area contributed by atoms with Crippen LogP contribution in [0.2, 0.25) is 0 Å². The van der Waals surface area contributed by atoms with Gasteiger partial charge in [-0.1, -0.05) is 0 Å². The van der Waals surface area contributed by atoms with Crippen LogP contribution in [0.4, 0.5) is 0 Å². The molecule has 0 aliphatic carbocycles. The van der Waals surface area contributed by atoms with Crippen molar-refractivity contribution in [2.24, 2.45) is 5.10 Å². The van der Waals surface area contributed by atoms with Gasteiger partial charge in [-0.25, -0.2) is 10.6 Å². The number of hydrogen-bond acceptors (Lipinski definition) is 6. The smallest absolute Gasteiger partial charge is 0.216 e. The average molecular weight is 359 g/mol. The summed E-state index contributed by atoms with van der Waals surface area (Å²) >= 11 is 6.93. The van der Waals surface area contributed by atoms with Crippen molar-refractivity contribution in [3.63, 3.8) is 0 Å². The van der Waals surface area contributed by atoms with Crippen LogP contribution in [0.25, 0.3) is 11.4 Å². The Morgan fingerprint density at radius 2 is 2.12 bits per heavy atom. The maximum absolute atomic E-state index is 5.45. The molecule has 0 saturated heterocycles. The maximum Gasteiger partial charge on any atom is 0.216 e. The molecule has 0 radical (unpaired) electrons. The molecule has 0 aliphatic rings. The van der Waals surface area contributed by atoms with E-state index in [9.17, 15) is 0 Å². The second kappa shape index (κ2) is 7.41. The van der Waals surface area contributed by atoms with Crippen molar-refractivity contribution in [2.75, 3.05) is 12.1 Å². The molecule has 0 amide bonds. The first-order valence-corrected chi connectivity index (χ1v) is 8.66. The van der Waals surface area contributed by atoms with Gasteiger partial charge in [-0.3, -0.25) is 0 Å². The minimum Gasteiger partial charge on any atom is -0.494 e. The lowest BCUT2D eigenvalue weighted by Crippen LogP contribution is -2.10. The lowest BCUT2D eigenvalue weighted by molar-refractivity contribution is 0.340. The molecule has 0 spiro atoms. The summed E-state index contributed by atoms with van der Waals surface area (Å²) in [7, 11) is 0. The van der Waals surface area contributed by atoms with Crippen LogP contribution in [-0.4, -0.2) is 27.7 Å². The number of ether oxygens (including phenoxy) is 1. The van der Waals surface area contributed by atoms with E-state index in [2.05, 4.69) is 33.8 Å². The summed E-state index contributed by atoms with van der Waals surface area (Å²) < 4.78 is 7.52. The highest BCUT2D eigenvalue weighted by Gasteiger charge is 2.08. The van der Waals surface area contributed by atoms with Gasteiger partial charge in [0, 0.05) is 15.3 Å². The molecule has 0 atom stereocenters. The first kappa shape index (κ1) is 16.4. The van der Waals surface area contributed by atoms with E-state index in [1.807, 2.05) is 37.3 Å². The Kier molecular flexibility index (Phi) is 5.07. The molecule has 3 rings (SSSR count). The topological polar surface area (TPSA) is 67.2 Å². The normalized spacial score (nSPS) is 11.1. The van der Waals surface area contributed by atoms with Crippen LogP contribution < -0.4 is 10.3 Å². The molecule has 0 unspecified atom stereocenters. The molecule has 6 nitrogen and oxygen atoms in total. The lowest BCUT2D eigenvalue weighted by Gasteiger charge is -2.06. The number of hydrogen-bond donors (Lipinski definition) is 2. The summed E-state index contributed by atoms with van der Waals surface area (Å²) in [6, 6.07) is 11.7. The van der Waals surface area contributed by atoms with Gasteiger partial charge in [0.15, 0.2) is 5.82 Å². The van der Waals surface area contributed by atoms with Crippen molar-refractivity contribution in [1.29, 1.82) is 0 Å². The fourth-order valence-corrected chi connectivity index (χ4v) is 3.05. The van der Waals surface area contributed by atoms with Crippen molar-refractivity contribution in [3.8, 4) is 17.1 Å². The molecule has 3 aromatic rings. The van der Waals surface area contributed by atoms with Gasteiger partial charge in [0.25, 0.3) is 0 Å². The fourth-order valence-electron chi connectivity index (χ4n) is 2.12. The Labute approximate surface area is 148 Å². The SMILES string of the molecule is CCOc1ccc(-c2n[nH]c(=S)n2NN=Cc2ccc(C)s2)cc1. The van der Waals surface area contributed by atoms with Gasteiger partial charge >= 0.3 is 0 Å². The largest absolute Gasteiger partial charge is 0.494 e. The highest BCUT2D eigenvalue weighted by Crippen LogP contribution is 2.20. The molecular formula is C16H17N5OS2. The number of aromatic amines is 1. The predicted octanol–water partition coefficient (Wildman–Crippen LogP) is 3.95. The van der Waals surface area contributed by atoms with E-state index in [0.29, 0.717) is 17.2 Å². The van der Waals surface area contributed by atoms with Gasteiger partial charge in [0.2, 0.25) is 4.77 Å². The van der Waals surface area contributed by atoms with E-state index in [1.54, 1.807) is 22.2 Å². The summed E-state index contributed by atoms with van der Waals surface area (Å²) in [5, 5.41) is 11.3. The van der Waals surface area contributed by atoms with Gasteiger partial charge in [-0.05, 0) is 62.5 Å². The first-order valence-electron chi connectivity index (χ1n) is 7.43. The Morgan fingerprint density at radius 3 is 2.79 bits per heavy atom. The molecule has 2 aromatic heterocycles. The first-order chi connectivity index (χ1) is 11.7. The summed E-state index contributed by atoms with van der Waals surface area (Å²) in [4.78, 5) is 2.31. The average Bonchev–Trinajstić information content (AvgIpc) is 3.15. The van der Waals surface area contributed by atoms with Gasteiger partial charge in [-0.15, -0.1) is 11.3 Å². The fraction of sp³-hybridized carbons (Fsp3) is 0.188. The number of benzene rings is 1. The summed E-state index contributed by atoms with van der Waals surface area (Å²) in [6.45, 7) is 4.65. The van der Waals surface area contributed by atoms with Gasteiger partial charge in [0.05, 0.1) is 12.8 Å². The quantitative estimate of drug-likeness (QED) is 0.397. The highest BCUT2D eigenvalue weighted by atomic mass is 32.1. The van der Waals surface area contributed by atoms with Crippen LogP contribution in [0, 0.1) is 11.7 Å². The van der Waals surface area contributed by atoms with Gasteiger partial charge in [-0.2, -0.15) is 14.9 Å². The number of nitrogens with zero attached hydrogens (tertiary/aromatic N) is 3. The van der Waals surface area contributed by atoms with E-state index >= 15 is 0 Å². The molecular weight excluding hydrogens is 342 g/mol. The van der Waals surface area contributed by atoms with E-state index < -0.39 is 0 Å². The lowest BCUT2D eigenvalue weighted by atomic mass is 10.2. The number of H-pyrrole nitrogens is 1. The van der Waals surface area contributed by atoms with Crippen molar-refractivity contribution < 1.29 is 4.74 Å². The predicted molar refractivity (Wildman–Crippen MR) is 100 cm³/mol. The van der Waals surface area contributed by atoms with Crippen molar-refractivity contribution in [3.05, 3.63) is 50.9 Å². The Hall–Kier alpha value is -2.45. The molecule has 0 fully saturated rings. The molecule has 0 saturated carbocycles. The summed E-state index contributed by atoms with van der Waals surface area (Å²) in [5.41, 5.74) is 3.82. The van der Waals surface area contributed by atoms with Crippen LogP contribution in [0.3, 0.4) is 0 Å². The Bertz CT molecular complexity index is 892. The van der Waals surface area contributed by atoms with E-state index in [4.69, 9.17) is 17.0 Å². The third-order valence-corrected chi connectivity index (χ3v) is 4.42. The van der Waals surface area contributed by atoms with Gasteiger partial charge < -0.3 is 4.74 Å². The molecule has 2 N–H and O–H groups in total. The standard InChI is InChI=1S/C16H17N5OS2/c1-3-22-13-7-5-12(6-8-13)15-18-19-16(23)21(15)20-17-10-14-9-4-11(2)24-14/h4-10,20H,3H2,1-2H3,(H,19,23). The number of rotatable bonds is 6. The number of aromatic nitrogens is 3. The van der Waals surface area contributed by atoms with Crippen molar-refractivity contribution in [1.82, 2.24) is 14.9 Å². The van der Waals surface area contributed by atoms with Crippen LogP contribution in [-0.2, 0) is 0 Å². The second-order valence-corrected chi connectivity index (χ2v) is 6.66. The Morgan fingerprint density at radius 1 is 1.33 bits per heavy atom. The molecule has 124 valence electrons. The molecule has 0 aliphatic heterocycles. The van der Waals surface area contributed by atoms with E-state index in [0.717, 1.165) is 16.2 Å². The van der Waals surface area contributed by atoms with Gasteiger partial charge in [0.1, 0.15) is 5.75 Å². The van der Waals surface area contributed by atoms with Crippen molar-refractivity contribution in [2.45, 2.75) is 13.8 Å². The number of hydrazone groups is 1. The molecule has 1 aromatic carbocycles. The van der Waals surface area contributed by atoms with Crippen LogP contribution in [0.1, 0.15) is 16.7 Å². The minimum atomic E-state index is 0.443. The van der Waals surface area contributed by atoms with E-state index in [1.165, 1.54) is 4.88 Å². The third-order valence-electron chi connectivity index (χ3n) is 3.21. The number of thiophene rings is 1. The summed E-state index contributed by atoms with van der Waals surface area (Å²) in [6.07, 6.45) is 1.76. The zero-order valence-electron chi connectivity index (χ0n) is 13.3. The number of aryl methyl sites for hydroxylation is 1. The monoisotopic (exact) mass is 359 g/mol. The molecule has 2 heterocycles. The maximum atomic E-state index is 5.45. The third kappa shape index (κ3) is 3.72. The van der Waals surface area contributed by atoms with E-state index in [-0.39, 0.29) is 0 Å². The summed E-state index contributed by atoms with van der Waals surface area (Å²) in [5.74, 6) is 1.48.